The summed E-state index contributed by atoms with van der Waals surface area (Å²) in [5.74, 6) is 1.34. The highest BCUT2D eigenvalue weighted by Gasteiger charge is 2.29. The second-order valence-corrected chi connectivity index (χ2v) is 6.69. The Balaban J connectivity index is 2.39. The zero-order valence-electron chi connectivity index (χ0n) is 18.0. The van der Waals surface area contributed by atoms with Crippen molar-refractivity contribution in [1.82, 2.24) is 5.32 Å². The number of hydrogen-bond acceptors (Lipinski definition) is 6. The summed E-state index contributed by atoms with van der Waals surface area (Å²) in [7, 11) is 4.27. The molecule has 0 heterocycles. The maximum atomic E-state index is 12.7. The predicted octanol–water partition coefficient (Wildman–Crippen LogP) is 2.87. The third kappa shape index (κ3) is 3.72. The minimum Gasteiger partial charge on any atom is -0.493 e. The lowest BCUT2D eigenvalue weighted by Gasteiger charge is -2.19. The zero-order chi connectivity index (χ0) is 21.8. The van der Waals surface area contributed by atoms with Gasteiger partial charge in [-0.05, 0) is 47.7 Å². The first-order chi connectivity index (χ1) is 14.4. The standard InChI is InChI=1S/C22H25NO6/c1-12(24)23-16-8-6-13-10-19(27-3)21(28-4)22(29-5)20(13)14-7-9-18(26-2)17(25)11-15(14)16/h7,9-11,16H,6,8H2,1-5H3,(H,23,24)/i2T,8+2. The zero-order valence-corrected chi connectivity index (χ0v) is 17.0. The number of methoxy groups -OCH3 is 4. The first kappa shape index (κ1) is 19.1. The summed E-state index contributed by atoms with van der Waals surface area (Å²) in [5, 5.41) is 2.94. The van der Waals surface area contributed by atoms with Gasteiger partial charge in [0.1, 0.15) is 0 Å². The summed E-state index contributed by atoms with van der Waals surface area (Å²) in [6.07, 6.45) is 1.20. The number of benzene rings is 1. The number of carbonyl (C=O) groups excluding carboxylic acids is 1. The molecule has 1 atom stereocenters. The summed E-state index contributed by atoms with van der Waals surface area (Å²) >= 11 is 0. The second kappa shape index (κ2) is 8.43. The van der Waals surface area contributed by atoms with Crippen LogP contribution in [0.4, 0.5) is 0 Å². The smallest absolute Gasteiger partial charge is 0.220 e. The van der Waals surface area contributed by atoms with E-state index < -0.39 is 0 Å². The molecule has 1 aliphatic carbocycles. The maximum Gasteiger partial charge on any atom is 0.220 e. The Labute approximate surface area is 171 Å². The van der Waals surface area contributed by atoms with Crippen LogP contribution in [0.15, 0.2) is 29.1 Å². The summed E-state index contributed by atoms with van der Waals surface area (Å²) in [4.78, 5) is 24.6. The van der Waals surface area contributed by atoms with E-state index in [1.165, 1.54) is 20.1 Å². The normalized spacial score (nSPS) is 15.2. The molecule has 0 spiro atoms. The van der Waals surface area contributed by atoms with E-state index in [1.807, 2.05) is 6.07 Å². The van der Waals surface area contributed by atoms with Gasteiger partial charge >= 0.3 is 0 Å². The van der Waals surface area contributed by atoms with Crippen LogP contribution in [0.2, 0.25) is 0 Å². The Morgan fingerprint density at radius 2 is 1.86 bits per heavy atom. The van der Waals surface area contributed by atoms with E-state index in [0.717, 1.165) is 16.7 Å². The Morgan fingerprint density at radius 3 is 2.48 bits per heavy atom. The van der Waals surface area contributed by atoms with Crippen molar-refractivity contribution in [2.45, 2.75) is 25.8 Å². The Kier molecular flexibility index (Phi) is 5.55. The molecule has 0 radical (unpaired) electrons. The van der Waals surface area contributed by atoms with Crippen LogP contribution in [0.1, 0.15) is 31.9 Å². The number of carbonyl (C=O) groups is 1. The molecule has 7 heteroatoms. The van der Waals surface area contributed by atoms with Crippen LogP contribution >= 0.6 is 0 Å². The van der Waals surface area contributed by atoms with E-state index in [-0.39, 0.29) is 30.2 Å². The first-order valence-electron chi connectivity index (χ1n) is 9.85. The van der Waals surface area contributed by atoms with Crippen LogP contribution in [0.5, 0.6) is 23.0 Å². The van der Waals surface area contributed by atoms with E-state index in [1.54, 1.807) is 26.4 Å². The van der Waals surface area contributed by atoms with Crippen molar-refractivity contribution < 1.29 is 25.1 Å². The molecule has 2 aromatic rings. The molecule has 29 heavy (non-hydrogen) atoms. The minimum atomic E-state index is -0.379. The summed E-state index contributed by atoms with van der Waals surface area (Å²) in [5.41, 5.74) is 2.72. The lowest BCUT2D eigenvalue weighted by molar-refractivity contribution is -0.119. The lowest BCUT2D eigenvalue weighted by atomic mass is 9.95. The van der Waals surface area contributed by atoms with Crippen LogP contribution in [0.3, 0.4) is 0 Å². The van der Waals surface area contributed by atoms with Crippen LogP contribution in [0, 0.1) is 0 Å². The van der Waals surface area contributed by atoms with Gasteiger partial charge in [-0.3, -0.25) is 9.59 Å². The van der Waals surface area contributed by atoms with Crippen molar-refractivity contribution in [3.8, 4) is 34.1 Å². The number of rotatable bonds is 5. The Bertz CT molecular complexity index is 1020. The van der Waals surface area contributed by atoms with Gasteiger partial charge in [0.15, 0.2) is 17.2 Å². The Morgan fingerprint density at radius 1 is 1.10 bits per heavy atom. The number of aryl methyl sites for hydroxylation is 1. The molecule has 0 aromatic heterocycles. The van der Waals surface area contributed by atoms with Gasteiger partial charge in [0.25, 0.3) is 0 Å². The second-order valence-electron chi connectivity index (χ2n) is 6.69. The van der Waals surface area contributed by atoms with Crippen molar-refractivity contribution >= 4 is 5.91 Å². The molecule has 0 aliphatic heterocycles. The number of fused-ring (bicyclic) bond motifs is 3. The third-order valence-electron chi connectivity index (χ3n) is 5.03. The topological polar surface area (TPSA) is 83.1 Å². The molecule has 2 aromatic carbocycles. The van der Waals surface area contributed by atoms with Gasteiger partial charge in [-0.1, -0.05) is 6.07 Å². The third-order valence-corrected chi connectivity index (χ3v) is 5.03. The molecule has 1 unspecified atom stereocenters. The summed E-state index contributed by atoms with van der Waals surface area (Å²) in [6, 6.07) is 6.28. The molecular formula is C22H25NO6. The van der Waals surface area contributed by atoms with Crippen LogP contribution in [-0.2, 0) is 11.2 Å². The molecule has 3 rings (SSSR count). The van der Waals surface area contributed by atoms with Gasteiger partial charge in [-0.15, -0.1) is 0 Å². The molecule has 154 valence electrons. The van der Waals surface area contributed by atoms with Crippen LogP contribution in [0.25, 0.3) is 11.1 Å². The fourth-order valence-electron chi connectivity index (χ4n) is 3.81. The molecule has 0 saturated carbocycles. The predicted molar refractivity (Wildman–Crippen MR) is 109 cm³/mol. The highest BCUT2D eigenvalue weighted by molar-refractivity contribution is 5.83. The van der Waals surface area contributed by atoms with Crippen molar-refractivity contribution in [3.63, 3.8) is 0 Å². The fraction of sp³-hybridized carbons (Fsp3) is 0.364. The van der Waals surface area contributed by atoms with Gasteiger partial charge in [0.05, 0.1) is 35.8 Å². The van der Waals surface area contributed by atoms with Crippen molar-refractivity contribution in [2.24, 2.45) is 0 Å². The average molecular weight is 403 g/mol. The number of amides is 1. The van der Waals surface area contributed by atoms with Crippen molar-refractivity contribution in [2.75, 3.05) is 28.4 Å². The number of hydrogen-bond donors (Lipinski definition) is 1. The van der Waals surface area contributed by atoms with Gasteiger partial charge in [0, 0.05) is 12.5 Å². The van der Waals surface area contributed by atoms with E-state index in [0.29, 0.717) is 35.7 Å². The molecule has 7 nitrogen and oxygen atoms in total. The molecule has 0 bridgehead atoms. The number of ether oxygens (including phenoxy) is 4. The quantitative estimate of drug-likeness (QED) is 0.827. The summed E-state index contributed by atoms with van der Waals surface area (Å²) < 4.78 is 29.2. The van der Waals surface area contributed by atoms with Gasteiger partial charge in [0.2, 0.25) is 17.1 Å². The van der Waals surface area contributed by atoms with Gasteiger partial charge in [-0.2, -0.15) is 0 Å². The highest BCUT2D eigenvalue weighted by Crippen LogP contribution is 2.50. The SMILES string of the molecule is [3H]COc1ccc2c(cc1=O)C(NC(C)=O)[14CH2]Cc1cc(OC)c(OC)c(OC)c1-2. The minimum absolute atomic E-state index is 0.0700. The molecule has 1 N–H and O–H groups in total. The average Bonchev–Trinajstić information content (AvgIpc) is 2.96. The van der Waals surface area contributed by atoms with E-state index in [2.05, 4.69) is 5.32 Å². The molecule has 1 aliphatic rings. The first-order valence-corrected chi connectivity index (χ1v) is 9.14. The van der Waals surface area contributed by atoms with Crippen molar-refractivity contribution in [3.05, 3.63) is 45.6 Å². The van der Waals surface area contributed by atoms with E-state index in [9.17, 15) is 9.59 Å². The molecule has 0 saturated heterocycles. The highest BCUT2D eigenvalue weighted by atomic mass is 16.5. The van der Waals surface area contributed by atoms with Crippen molar-refractivity contribution in [1.29, 1.82) is 0 Å². The molecule has 1 amide bonds. The number of nitrogens with one attached hydrogen (secondary N) is 1. The molecule has 0 fully saturated rings. The summed E-state index contributed by atoms with van der Waals surface area (Å²) in [6.45, 7) is 1.44. The van der Waals surface area contributed by atoms with E-state index in [4.69, 9.17) is 20.3 Å². The monoisotopic (exact) mass is 403 g/mol. The molecular weight excluding hydrogens is 376 g/mol. The largest absolute Gasteiger partial charge is 0.493 e. The fourth-order valence-corrected chi connectivity index (χ4v) is 3.81. The van der Waals surface area contributed by atoms with E-state index >= 15 is 0 Å². The Hall–Kier alpha value is -3.22. The van der Waals surface area contributed by atoms with Gasteiger partial charge in [-0.25, -0.2) is 0 Å². The van der Waals surface area contributed by atoms with Crippen LogP contribution < -0.4 is 29.7 Å². The maximum absolute atomic E-state index is 12.7. The lowest BCUT2D eigenvalue weighted by Crippen LogP contribution is -2.26. The van der Waals surface area contributed by atoms with Gasteiger partial charge < -0.3 is 24.3 Å². The van der Waals surface area contributed by atoms with Crippen LogP contribution in [-0.4, -0.2) is 34.3 Å².